The number of urea groups is 1. The Bertz CT molecular complexity index is 539. The number of amides is 2. The van der Waals surface area contributed by atoms with Crippen LogP contribution < -0.4 is 5.32 Å². The van der Waals surface area contributed by atoms with E-state index < -0.39 is 18.5 Å². The number of benzene rings is 1. The summed E-state index contributed by atoms with van der Waals surface area (Å²) in [5.74, 6) is -1.09. The third-order valence-electron chi connectivity index (χ3n) is 2.68. The van der Waals surface area contributed by atoms with Gasteiger partial charge in [-0.15, -0.1) is 0 Å². The molecular weight excluding hydrogens is 274 g/mol. The lowest BCUT2D eigenvalue weighted by Gasteiger charge is -2.20. The molecule has 0 aliphatic heterocycles. The molecule has 0 bridgehead atoms. The number of nitrogens with one attached hydrogen (secondary N) is 1. The van der Waals surface area contributed by atoms with Gasteiger partial charge in [0.2, 0.25) is 0 Å². The molecule has 0 aliphatic carbocycles. The van der Waals surface area contributed by atoms with Gasteiger partial charge in [0.1, 0.15) is 6.54 Å². The third-order valence-corrected chi connectivity index (χ3v) is 2.68. The van der Waals surface area contributed by atoms with E-state index in [1.807, 2.05) is 6.07 Å². The van der Waals surface area contributed by atoms with E-state index in [9.17, 15) is 9.59 Å². The summed E-state index contributed by atoms with van der Waals surface area (Å²) in [6, 6.07) is 8.35. The van der Waals surface area contributed by atoms with E-state index in [0.717, 1.165) is 10.5 Å². The van der Waals surface area contributed by atoms with E-state index in [-0.39, 0.29) is 19.7 Å². The van der Waals surface area contributed by atoms with Gasteiger partial charge in [0.25, 0.3) is 0 Å². The van der Waals surface area contributed by atoms with Crippen molar-refractivity contribution in [3.8, 4) is 6.07 Å². The molecule has 0 spiro atoms. The van der Waals surface area contributed by atoms with Crippen molar-refractivity contribution in [3.05, 3.63) is 35.4 Å². The van der Waals surface area contributed by atoms with Crippen molar-refractivity contribution < 1.29 is 19.4 Å². The summed E-state index contributed by atoms with van der Waals surface area (Å²) in [5, 5.41) is 20.2. The van der Waals surface area contributed by atoms with Gasteiger partial charge in [0, 0.05) is 20.2 Å². The van der Waals surface area contributed by atoms with E-state index in [0.29, 0.717) is 5.56 Å². The van der Waals surface area contributed by atoms with Crippen LogP contribution in [0.25, 0.3) is 0 Å². The van der Waals surface area contributed by atoms with Crippen LogP contribution in [0, 0.1) is 11.3 Å². The predicted molar refractivity (Wildman–Crippen MR) is 74.5 cm³/mol. The van der Waals surface area contributed by atoms with Gasteiger partial charge in [-0.25, -0.2) is 4.79 Å². The second kappa shape index (κ2) is 8.55. The number of aliphatic carboxylic acids is 1. The highest BCUT2D eigenvalue weighted by atomic mass is 16.5. The van der Waals surface area contributed by atoms with Gasteiger partial charge in [0.05, 0.1) is 18.2 Å². The summed E-state index contributed by atoms with van der Waals surface area (Å²) in [6.45, 7) is 0.266. The number of nitriles is 1. The maximum Gasteiger partial charge on any atom is 0.323 e. The molecule has 1 aromatic rings. The van der Waals surface area contributed by atoms with E-state index in [1.165, 1.54) is 7.11 Å². The van der Waals surface area contributed by atoms with Crippen LogP contribution in [-0.4, -0.2) is 48.8 Å². The zero-order chi connectivity index (χ0) is 15.7. The zero-order valence-electron chi connectivity index (χ0n) is 11.7. The number of carboxylic acid groups (broad SMARTS) is 1. The van der Waals surface area contributed by atoms with Gasteiger partial charge in [-0.05, 0) is 17.7 Å². The van der Waals surface area contributed by atoms with Gasteiger partial charge in [0.15, 0.2) is 0 Å². The van der Waals surface area contributed by atoms with Gasteiger partial charge < -0.3 is 20.1 Å². The fourth-order valence-corrected chi connectivity index (χ4v) is 1.66. The Kier molecular flexibility index (Phi) is 6.71. The molecule has 7 nitrogen and oxygen atoms in total. The van der Waals surface area contributed by atoms with Gasteiger partial charge in [-0.1, -0.05) is 12.1 Å². The monoisotopic (exact) mass is 291 g/mol. The van der Waals surface area contributed by atoms with Gasteiger partial charge in [-0.3, -0.25) is 4.79 Å². The Morgan fingerprint density at radius 1 is 1.48 bits per heavy atom. The minimum Gasteiger partial charge on any atom is -0.480 e. The van der Waals surface area contributed by atoms with Crippen molar-refractivity contribution in [1.82, 2.24) is 10.2 Å². The molecule has 0 atom stereocenters. The van der Waals surface area contributed by atoms with Crippen LogP contribution in [0.4, 0.5) is 4.79 Å². The Balaban J connectivity index is 2.59. The van der Waals surface area contributed by atoms with Crippen molar-refractivity contribution in [2.75, 3.05) is 26.8 Å². The van der Waals surface area contributed by atoms with E-state index >= 15 is 0 Å². The molecular formula is C14H17N3O4. The van der Waals surface area contributed by atoms with Crippen molar-refractivity contribution in [3.63, 3.8) is 0 Å². The highest BCUT2D eigenvalue weighted by Gasteiger charge is 2.16. The molecule has 2 N–H and O–H groups in total. The number of carboxylic acids is 1. The van der Waals surface area contributed by atoms with Crippen molar-refractivity contribution >= 4 is 12.0 Å². The molecule has 1 aromatic carbocycles. The first-order valence-electron chi connectivity index (χ1n) is 6.29. The molecule has 0 unspecified atom stereocenters. The first-order chi connectivity index (χ1) is 10.1. The number of carbonyl (C=O) groups is 2. The normalized spacial score (nSPS) is 9.71. The van der Waals surface area contributed by atoms with Crippen LogP contribution in [0.15, 0.2) is 24.3 Å². The van der Waals surface area contributed by atoms with Crippen LogP contribution >= 0.6 is 0 Å². The van der Waals surface area contributed by atoms with Crippen LogP contribution in [0.1, 0.15) is 11.1 Å². The highest BCUT2D eigenvalue weighted by molar-refractivity contribution is 5.80. The zero-order valence-corrected chi connectivity index (χ0v) is 11.7. The third kappa shape index (κ3) is 5.93. The van der Waals surface area contributed by atoms with E-state index in [1.54, 1.807) is 24.3 Å². The molecule has 21 heavy (non-hydrogen) atoms. The van der Waals surface area contributed by atoms with Crippen LogP contribution in [0.5, 0.6) is 0 Å². The fourth-order valence-electron chi connectivity index (χ4n) is 1.66. The minimum absolute atomic E-state index is 0.187. The molecule has 0 fully saturated rings. The number of methoxy groups -OCH3 is 1. The first-order valence-corrected chi connectivity index (χ1v) is 6.29. The first kappa shape index (κ1) is 16.5. The maximum absolute atomic E-state index is 11.9. The molecule has 1 rings (SSSR count). The van der Waals surface area contributed by atoms with E-state index in [4.69, 9.17) is 15.1 Å². The summed E-state index contributed by atoms with van der Waals surface area (Å²) in [5.41, 5.74) is 1.27. The second-order valence-electron chi connectivity index (χ2n) is 4.28. The summed E-state index contributed by atoms with van der Waals surface area (Å²) in [4.78, 5) is 23.8. The summed E-state index contributed by atoms with van der Waals surface area (Å²) in [6.07, 6.45) is 0. The van der Waals surface area contributed by atoms with Gasteiger partial charge in [-0.2, -0.15) is 5.26 Å². The topological polar surface area (TPSA) is 103 Å². The molecule has 0 radical (unpaired) electrons. The van der Waals surface area contributed by atoms with Crippen LogP contribution in [0.2, 0.25) is 0 Å². The molecule has 2 amide bonds. The number of nitrogens with zero attached hydrogens (tertiary/aromatic N) is 2. The average molecular weight is 291 g/mol. The van der Waals surface area contributed by atoms with Crippen LogP contribution in [-0.2, 0) is 16.1 Å². The highest BCUT2D eigenvalue weighted by Crippen LogP contribution is 2.04. The lowest BCUT2D eigenvalue weighted by molar-refractivity contribution is -0.137. The summed E-state index contributed by atoms with van der Waals surface area (Å²) < 4.78 is 4.85. The lowest BCUT2D eigenvalue weighted by atomic mass is 10.1. The predicted octanol–water partition coefficient (Wildman–Crippen LogP) is 0.801. The molecule has 7 heteroatoms. The molecule has 0 saturated carbocycles. The average Bonchev–Trinajstić information content (AvgIpc) is 2.48. The lowest BCUT2D eigenvalue weighted by Crippen LogP contribution is -2.44. The van der Waals surface area contributed by atoms with Crippen molar-refractivity contribution in [1.29, 1.82) is 5.26 Å². The molecule has 0 aliphatic rings. The molecule has 0 heterocycles. The Morgan fingerprint density at radius 3 is 2.86 bits per heavy atom. The number of hydrogen-bond acceptors (Lipinski definition) is 4. The van der Waals surface area contributed by atoms with Crippen molar-refractivity contribution in [2.45, 2.75) is 6.54 Å². The number of rotatable bonds is 7. The number of ether oxygens (including phenoxy) is 1. The largest absolute Gasteiger partial charge is 0.480 e. The SMILES string of the molecule is COCCN(CC(=O)O)C(=O)NCc1cccc(C#N)c1. The van der Waals surface area contributed by atoms with Crippen molar-refractivity contribution in [2.24, 2.45) is 0 Å². The second-order valence-corrected chi connectivity index (χ2v) is 4.28. The Morgan fingerprint density at radius 2 is 2.24 bits per heavy atom. The summed E-state index contributed by atoms with van der Waals surface area (Å²) >= 11 is 0. The Hall–Kier alpha value is -2.59. The molecule has 0 aromatic heterocycles. The molecule has 112 valence electrons. The van der Waals surface area contributed by atoms with Gasteiger partial charge >= 0.3 is 12.0 Å². The maximum atomic E-state index is 11.9. The standard InChI is InChI=1S/C14H17N3O4/c1-21-6-5-17(10-13(18)19)14(20)16-9-12-4-2-3-11(7-12)8-15/h2-4,7H,5-6,9-10H2,1H3,(H,16,20)(H,18,19). The minimum atomic E-state index is -1.09. The smallest absolute Gasteiger partial charge is 0.323 e. The molecule has 0 saturated heterocycles. The quantitative estimate of drug-likeness (QED) is 0.773. The van der Waals surface area contributed by atoms with E-state index in [2.05, 4.69) is 5.32 Å². The Labute approximate surface area is 122 Å². The number of hydrogen-bond donors (Lipinski definition) is 2. The van der Waals surface area contributed by atoms with Crippen LogP contribution in [0.3, 0.4) is 0 Å². The fraction of sp³-hybridized carbons (Fsp3) is 0.357. The number of carbonyl (C=O) groups excluding carboxylic acids is 1. The summed E-state index contributed by atoms with van der Waals surface area (Å²) in [7, 11) is 1.48.